The van der Waals surface area contributed by atoms with Gasteiger partial charge < -0.3 is 10.1 Å². The molecule has 7 heteroatoms. The van der Waals surface area contributed by atoms with Crippen LogP contribution in [0.2, 0.25) is 0 Å². The fourth-order valence-corrected chi connectivity index (χ4v) is 1.81. The summed E-state index contributed by atoms with van der Waals surface area (Å²) in [6.07, 6.45) is -3.48. The number of hydrogen-bond acceptors (Lipinski definition) is 2. The molecule has 120 valence electrons. The number of hydrogen-bond donors (Lipinski definition) is 1. The van der Waals surface area contributed by atoms with Gasteiger partial charge in [0, 0.05) is 12.1 Å². The molecule has 1 unspecified atom stereocenters. The monoisotopic (exact) mass is 311 g/mol. The Morgan fingerprint density at radius 1 is 1.24 bits per heavy atom. The van der Waals surface area contributed by atoms with Gasteiger partial charge in [-0.2, -0.15) is 13.2 Å². The maximum absolute atomic E-state index is 13.6. The van der Waals surface area contributed by atoms with Gasteiger partial charge in [0.2, 0.25) is 0 Å². The van der Waals surface area contributed by atoms with Gasteiger partial charge in [-0.05, 0) is 31.0 Å². The Balaban J connectivity index is 2.60. The van der Waals surface area contributed by atoms with Crippen molar-refractivity contribution in [2.45, 2.75) is 32.0 Å². The van der Waals surface area contributed by atoms with E-state index in [1.54, 1.807) is 0 Å². The smallest absolute Gasteiger partial charge is 0.370 e. The Labute approximate surface area is 120 Å². The molecule has 0 aliphatic rings. The summed E-state index contributed by atoms with van der Waals surface area (Å²) in [5.41, 5.74) is 0.237. The van der Waals surface area contributed by atoms with Crippen molar-refractivity contribution in [3.8, 4) is 0 Å². The predicted molar refractivity (Wildman–Crippen MR) is 69.0 cm³/mol. The average Bonchev–Trinajstić information content (AvgIpc) is 2.37. The van der Waals surface area contributed by atoms with Crippen molar-refractivity contribution in [1.82, 2.24) is 5.32 Å². The highest BCUT2D eigenvalue weighted by atomic mass is 19.4. The van der Waals surface area contributed by atoms with E-state index in [9.17, 15) is 22.0 Å². The first-order valence-corrected chi connectivity index (χ1v) is 6.63. The lowest BCUT2D eigenvalue weighted by atomic mass is 10.1. The molecule has 0 heterocycles. The molecule has 0 saturated carbocycles. The van der Waals surface area contributed by atoms with E-state index in [0.717, 1.165) is 18.6 Å². The van der Waals surface area contributed by atoms with E-state index in [1.165, 1.54) is 6.07 Å². The summed E-state index contributed by atoms with van der Waals surface area (Å²) in [5, 5.41) is 2.99. The van der Waals surface area contributed by atoms with E-state index in [-0.39, 0.29) is 18.6 Å². The number of nitrogens with one attached hydrogen (secondary N) is 1. The summed E-state index contributed by atoms with van der Waals surface area (Å²) in [7, 11) is 0. The molecule has 21 heavy (non-hydrogen) atoms. The first-order chi connectivity index (χ1) is 9.81. The second-order valence-corrected chi connectivity index (χ2v) is 4.72. The SMILES string of the molecule is CCCNC(COCC(F)(F)F)Cc1ccc(F)cc1F. The normalized spacial score (nSPS) is 13.4. The highest BCUT2D eigenvalue weighted by molar-refractivity contribution is 5.19. The fourth-order valence-electron chi connectivity index (χ4n) is 1.81. The van der Waals surface area contributed by atoms with Gasteiger partial charge in [-0.25, -0.2) is 8.78 Å². The van der Waals surface area contributed by atoms with Crippen LogP contribution in [0, 0.1) is 11.6 Å². The Hall–Kier alpha value is -1.21. The summed E-state index contributed by atoms with van der Waals surface area (Å²) in [6.45, 7) is 0.932. The molecule has 0 saturated heterocycles. The molecule has 1 rings (SSSR count). The van der Waals surface area contributed by atoms with Gasteiger partial charge in [0.25, 0.3) is 0 Å². The van der Waals surface area contributed by atoms with Crippen molar-refractivity contribution < 1.29 is 26.7 Å². The first-order valence-electron chi connectivity index (χ1n) is 6.63. The van der Waals surface area contributed by atoms with E-state index in [1.807, 2.05) is 6.92 Å². The lowest BCUT2D eigenvalue weighted by Gasteiger charge is -2.19. The maximum atomic E-state index is 13.6. The molecular formula is C14H18F5NO. The molecule has 0 aliphatic carbocycles. The average molecular weight is 311 g/mol. The minimum absolute atomic E-state index is 0.129. The fraction of sp³-hybridized carbons (Fsp3) is 0.571. The second kappa shape index (κ2) is 8.29. The summed E-state index contributed by atoms with van der Waals surface area (Å²) in [5.74, 6) is -1.41. The minimum atomic E-state index is -4.39. The number of ether oxygens (including phenoxy) is 1. The van der Waals surface area contributed by atoms with Crippen molar-refractivity contribution in [2.75, 3.05) is 19.8 Å². The van der Waals surface area contributed by atoms with Crippen LogP contribution in [-0.4, -0.2) is 32.0 Å². The van der Waals surface area contributed by atoms with Crippen LogP contribution >= 0.6 is 0 Å². The molecule has 0 amide bonds. The first kappa shape index (κ1) is 17.8. The number of halogens is 5. The molecule has 2 nitrogen and oxygen atoms in total. The van der Waals surface area contributed by atoms with E-state index in [0.29, 0.717) is 6.54 Å². The van der Waals surface area contributed by atoms with Crippen LogP contribution in [0.1, 0.15) is 18.9 Å². The van der Waals surface area contributed by atoms with Crippen LogP contribution < -0.4 is 5.32 Å². The molecule has 0 fully saturated rings. The van der Waals surface area contributed by atoms with Gasteiger partial charge in [-0.1, -0.05) is 13.0 Å². The van der Waals surface area contributed by atoms with Crippen molar-refractivity contribution in [3.63, 3.8) is 0 Å². The van der Waals surface area contributed by atoms with Crippen LogP contribution in [0.15, 0.2) is 18.2 Å². The Morgan fingerprint density at radius 2 is 1.95 bits per heavy atom. The lowest BCUT2D eigenvalue weighted by molar-refractivity contribution is -0.175. The molecule has 1 atom stereocenters. The van der Waals surface area contributed by atoms with Crippen LogP contribution in [0.25, 0.3) is 0 Å². The zero-order chi connectivity index (χ0) is 15.9. The zero-order valence-corrected chi connectivity index (χ0v) is 11.6. The second-order valence-electron chi connectivity index (χ2n) is 4.72. The quantitative estimate of drug-likeness (QED) is 0.743. The number of benzene rings is 1. The summed E-state index contributed by atoms with van der Waals surface area (Å²) >= 11 is 0. The molecule has 1 aromatic rings. The third-order valence-electron chi connectivity index (χ3n) is 2.75. The molecule has 0 bridgehead atoms. The van der Waals surface area contributed by atoms with E-state index in [4.69, 9.17) is 0 Å². The third-order valence-corrected chi connectivity index (χ3v) is 2.75. The summed E-state index contributed by atoms with van der Waals surface area (Å²) in [4.78, 5) is 0. The van der Waals surface area contributed by atoms with E-state index in [2.05, 4.69) is 10.1 Å². The number of rotatable bonds is 8. The van der Waals surface area contributed by atoms with Crippen molar-refractivity contribution in [2.24, 2.45) is 0 Å². The predicted octanol–water partition coefficient (Wildman–Crippen LogP) is 3.45. The summed E-state index contributed by atoms with van der Waals surface area (Å²) in [6, 6.07) is 2.69. The Morgan fingerprint density at radius 3 is 2.52 bits per heavy atom. The molecule has 0 radical (unpaired) electrons. The number of alkyl halides is 3. The van der Waals surface area contributed by atoms with Crippen LogP contribution in [0.4, 0.5) is 22.0 Å². The zero-order valence-electron chi connectivity index (χ0n) is 11.6. The van der Waals surface area contributed by atoms with Gasteiger partial charge in [-0.15, -0.1) is 0 Å². The molecule has 1 N–H and O–H groups in total. The van der Waals surface area contributed by atoms with E-state index < -0.39 is 30.5 Å². The Kier molecular flexibility index (Phi) is 7.04. The highest BCUT2D eigenvalue weighted by Gasteiger charge is 2.28. The molecule has 1 aromatic carbocycles. The van der Waals surface area contributed by atoms with Crippen LogP contribution in [0.3, 0.4) is 0 Å². The van der Waals surface area contributed by atoms with Gasteiger partial charge in [0.15, 0.2) is 0 Å². The largest absolute Gasteiger partial charge is 0.411 e. The van der Waals surface area contributed by atoms with E-state index >= 15 is 0 Å². The van der Waals surface area contributed by atoms with Crippen LogP contribution in [0.5, 0.6) is 0 Å². The third kappa shape index (κ3) is 7.38. The van der Waals surface area contributed by atoms with Gasteiger partial charge in [0.05, 0.1) is 6.61 Å². The maximum Gasteiger partial charge on any atom is 0.411 e. The highest BCUT2D eigenvalue weighted by Crippen LogP contribution is 2.16. The van der Waals surface area contributed by atoms with Gasteiger partial charge in [0.1, 0.15) is 18.2 Å². The molecule has 0 aliphatic heterocycles. The Bertz CT molecular complexity index is 436. The van der Waals surface area contributed by atoms with Crippen molar-refractivity contribution in [1.29, 1.82) is 0 Å². The molecule has 0 spiro atoms. The summed E-state index contributed by atoms with van der Waals surface area (Å²) < 4.78 is 67.1. The van der Waals surface area contributed by atoms with Gasteiger partial charge in [-0.3, -0.25) is 0 Å². The lowest BCUT2D eigenvalue weighted by Crippen LogP contribution is -2.37. The van der Waals surface area contributed by atoms with Gasteiger partial charge >= 0.3 is 6.18 Å². The topological polar surface area (TPSA) is 21.3 Å². The minimum Gasteiger partial charge on any atom is -0.370 e. The molecular weight excluding hydrogens is 293 g/mol. The van der Waals surface area contributed by atoms with Crippen LogP contribution in [-0.2, 0) is 11.2 Å². The van der Waals surface area contributed by atoms with Crippen molar-refractivity contribution >= 4 is 0 Å². The standard InChI is InChI=1S/C14H18F5NO/c1-2-5-20-12(8-21-9-14(17,18)19)6-10-3-4-11(15)7-13(10)16/h3-4,7,12,20H,2,5-6,8-9H2,1H3. The van der Waals surface area contributed by atoms with Crippen molar-refractivity contribution in [3.05, 3.63) is 35.4 Å². The molecule has 0 aromatic heterocycles.